The van der Waals surface area contributed by atoms with Crippen LogP contribution in [0, 0.1) is 0 Å². The highest BCUT2D eigenvalue weighted by molar-refractivity contribution is 5.93. The normalized spacial score (nSPS) is 14.5. The van der Waals surface area contributed by atoms with Crippen LogP contribution >= 0.6 is 0 Å². The third kappa shape index (κ3) is 3.55. The van der Waals surface area contributed by atoms with Crippen LogP contribution < -0.4 is 16.6 Å². The lowest BCUT2D eigenvalue weighted by molar-refractivity contribution is -0.117. The lowest BCUT2D eigenvalue weighted by Gasteiger charge is -2.12. The quantitative estimate of drug-likeness (QED) is 0.829. The van der Waals surface area contributed by atoms with Crippen LogP contribution in [0.15, 0.2) is 26.9 Å². The van der Waals surface area contributed by atoms with Crippen molar-refractivity contribution in [2.75, 3.05) is 0 Å². The Morgan fingerprint density at radius 2 is 1.95 bits per heavy atom. The average molecular weight is 305 g/mol. The van der Waals surface area contributed by atoms with Crippen molar-refractivity contribution >= 4 is 5.91 Å². The third-order valence-corrected chi connectivity index (χ3v) is 4.12. The molecular weight excluding hydrogens is 282 g/mol. The van der Waals surface area contributed by atoms with Crippen molar-refractivity contribution in [2.45, 2.75) is 59.0 Å². The minimum Gasteiger partial charge on any atom is -0.348 e. The van der Waals surface area contributed by atoms with Crippen LogP contribution in [-0.2, 0) is 11.3 Å². The fraction of sp³-hybridized carbons (Fsp3) is 0.562. The first-order chi connectivity index (χ1) is 10.4. The van der Waals surface area contributed by atoms with Crippen molar-refractivity contribution < 1.29 is 4.79 Å². The number of nitrogens with one attached hydrogen (secondary N) is 2. The summed E-state index contributed by atoms with van der Waals surface area (Å²) < 4.78 is 1.45. The second kappa shape index (κ2) is 6.77. The minimum atomic E-state index is -0.451. The first-order valence-electron chi connectivity index (χ1n) is 7.71. The number of nitrogens with zero attached hydrogens (tertiary/aromatic N) is 1. The molecule has 0 atom stereocenters. The third-order valence-electron chi connectivity index (χ3n) is 4.12. The van der Waals surface area contributed by atoms with Crippen LogP contribution in [0.1, 0.15) is 58.1 Å². The van der Waals surface area contributed by atoms with Gasteiger partial charge in [-0.1, -0.05) is 5.57 Å². The molecular formula is C16H23N3O3. The smallest absolute Gasteiger partial charge is 0.328 e. The van der Waals surface area contributed by atoms with Gasteiger partial charge in [-0.2, -0.15) is 0 Å². The van der Waals surface area contributed by atoms with Crippen molar-refractivity contribution in [3.8, 4) is 0 Å². The van der Waals surface area contributed by atoms with Crippen LogP contribution in [0.25, 0.3) is 0 Å². The van der Waals surface area contributed by atoms with E-state index in [1.807, 2.05) is 20.8 Å². The minimum absolute atomic E-state index is 0.0545. The predicted octanol–water partition coefficient (Wildman–Crippen LogP) is 1.62. The number of carbonyl (C=O) groups is 1. The second-order valence-corrected chi connectivity index (χ2v) is 6.03. The molecule has 2 rings (SSSR count). The van der Waals surface area contributed by atoms with Crippen molar-refractivity contribution in [1.82, 2.24) is 14.9 Å². The van der Waals surface area contributed by atoms with E-state index in [0.29, 0.717) is 5.56 Å². The molecule has 0 aliphatic heterocycles. The molecule has 1 aliphatic rings. The molecule has 6 heteroatoms. The van der Waals surface area contributed by atoms with E-state index < -0.39 is 11.2 Å². The van der Waals surface area contributed by atoms with Crippen molar-refractivity contribution in [2.24, 2.45) is 0 Å². The maximum Gasteiger partial charge on any atom is 0.328 e. The van der Waals surface area contributed by atoms with Gasteiger partial charge in [0.2, 0.25) is 5.91 Å². The van der Waals surface area contributed by atoms with Gasteiger partial charge >= 0.3 is 5.69 Å². The molecule has 0 bridgehead atoms. The molecule has 1 aliphatic carbocycles. The molecule has 2 N–H and O–H groups in total. The Balaban J connectivity index is 2.13. The summed E-state index contributed by atoms with van der Waals surface area (Å²) in [5.74, 6) is -0.140. The maximum atomic E-state index is 12.2. The molecule has 1 aromatic heterocycles. The largest absolute Gasteiger partial charge is 0.348 e. The van der Waals surface area contributed by atoms with Gasteiger partial charge in [0.15, 0.2) is 0 Å². The second-order valence-electron chi connectivity index (χ2n) is 6.03. The molecule has 1 fully saturated rings. The molecule has 1 amide bonds. The highest BCUT2D eigenvalue weighted by Crippen LogP contribution is 2.26. The molecule has 120 valence electrons. The number of allylic oxidation sites excluding steroid dienone is 1. The van der Waals surface area contributed by atoms with Gasteiger partial charge in [0.25, 0.3) is 5.56 Å². The highest BCUT2D eigenvalue weighted by Gasteiger charge is 2.15. The number of amides is 1. The van der Waals surface area contributed by atoms with Gasteiger partial charge in [-0.25, -0.2) is 4.79 Å². The van der Waals surface area contributed by atoms with Crippen LogP contribution in [0.4, 0.5) is 0 Å². The summed E-state index contributed by atoms with van der Waals surface area (Å²) in [6.45, 7) is 5.66. The summed E-state index contributed by atoms with van der Waals surface area (Å²) >= 11 is 0. The van der Waals surface area contributed by atoms with Crippen molar-refractivity contribution in [1.29, 1.82) is 0 Å². The SMILES string of the molecule is CC(C(=O)NCc1cn(C(C)C)c(=O)[nH]c1=O)=C1CCCC1. The predicted molar refractivity (Wildman–Crippen MR) is 84.7 cm³/mol. The van der Waals surface area contributed by atoms with E-state index in [1.165, 1.54) is 16.3 Å². The Kier molecular flexibility index (Phi) is 5.00. The first kappa shape index (κ1) is 16.3. The number of hydrogen-bond acceptors (Lipinski definition) is 3. The number of aromatic amines is 1. The molecule has 0 saturated heterocycles. The molecule has 1 aromatic rings. The molecule has 0 aromatic carbocycles. The first-order valence-corrected chi connectivity index (χ1v) is 7.71. The summed E-state index contributed by atoms with van der Waals surface area (Å²) in [6, 6.07) is -0.0545. The summed E-state index contributed by atoms with van der Waals surface area (Å²) in [5, 5.41) is 2.77. The number of aromatic nitrogens is 2. The Labute approximate surface area is 129 Å². The molecule has 22 heavy (non-hydrogen) atoms. The van der Waals surface area contributed by atoms with E-state index in [1.54, 1.807) is 0 Å². The van der Waals surface area contributed by atoms with E-state index in [0.717, 1.165) is 31.3 Å². The number of hydrogen-bond donors (Lipinski definition) is 2. The Morgan fingerprint density at radius 3 is 2.55 bits per heavy atom. The summed E-state index contributed by atoms with van der Waals surface area (Å²) in [6.07, 6.45) is 5.76. The molecule has 1 saturated carbocycles. The monoisotopic (exact) mass is 305 g/mol. The van der Waals surface area contributed by atoms with Gasteiger partial charge in [0.05, 0.1) is 5.56 Å². The molecule has 0 radical (unpaired) electrons. The summed E-state index contributed by atoms with van der Waals surface area (Å²) in [4.78, 5) is 37.9. The van der Waals surface area contributed by atoms with E-state index >= 15 is 0 Å². The molecule has 6 nitrogen and oxygen atoms in total. The van der Waals surface area contributed by atoms with Crippen LogP contribution in [0.2, 0.25) is 0 Å². The van der Waals surface area contributed by atoms with Crippen molar-refractivity contribution in [3.05, 3.63) is 43.7 Å². The van der Waals surface area contributed by atoms with Crippen LogP contribution in [0.5, 0.6) is 0 Å². The molecule has 1 heterocycles. The number of H-pyrrole nitrogens is 1. The van der Waals surface area contributed by atoms with Gasteiger partial charge in [0.1, 0.15) is 0 Å². The summed E-state index contributed by atoms with van der Waals surface area (Å²) in [7, 11) is 0. The lowest BCUT2D eigenvalue weighted by atomic mass is 10.1. The molecule has 0 spiro atoms. The Morgan fingerprint density at radius 1 is 1.32 bits per heavy atom. The Bertz CT molecular complexity index is 702. The summed E-state index contributed by atoms with van der Waals surface area (Å²) in [5.41, 5.74) is 1.46. The van der Waals surface area contributed by atoms with Gasteiger partial charge in [0, 0.05) is 24.4 Å². The highest BCUT2D eigenvalue weighted by atomic mass is 16.2. The van der Waals surface area contributed by atoms with Crippen molar-refractivity contribution in [3.63, 3.8) is 0 Å². The average Bonchev–Trinajstić information content (AvgIpc) is 2.98. The fourth-order valence-electron chi connectivity index (χ4n) is 2.68. The topological polar surface area (TPSA) is 84.0 Å². The zero-order chi connectivity index (χ0) is 16.3. The van der Waals surface area contributed by atoms with E-state index in [2.05, 4.69) is 10.3 Å². The maximum absolute atomic E-state index is 12.2. The molecule has 0 unspecified atom stereocenters. The zero-order valence-corrected chi connectivity index (χ0v) is 13.4. The Hall–Kier alpha value is -2.11. The van der Waals surface area contributed by atoms with Crippen LogP contribution in [-0.4, -0.2) is 15.5 Å². The standard InChI is InChI=1S/C16H23N3O3/c1-10(2)19-9-13(15(21)18-16(19)22)8-17-14(20)11(3)12-6-4-5-7-12/h9-10H,4-8H2,1-3H3,(H,17,20)(H,18,21,22). The number of carbonyl (C=O) groups excluding carboxylic acids is 1. The van der Waals surface area contributed by atoms with Crippen LogP contribution in [0.3, 0.4) is 0 Å². The number of rotatable bonds is 4. The lowest BCUT2D eigenvalue weighted by Crippen LogP contribution is -2.35. The van der Waals surface area contributed by atoms with E-state index in [9.17, 15) is 14.4 Å². The van der Waals surface area contributed by atoms with Gasteiger partial charge in [-0.3, -0.25) is 19.1 Å². The van der Waals surface area contributed by atoms with Gasteiger partial charge in [-0.15, -0.1) is 0 Å². The fourth-order valence-corrected chi connectivity index (χ4v) is 2.68. The zero-order valence-electron chi connectivity index (χ0n) is 13.4. The van der Waals surface area contributed by atoms with Gasteiger partial charge < -0.3 is 5.32 Å². The van der Waals surface area contributed by atoms with E-state index in [4.69, 9.17) is 0 Å². The van der Waals surface area contributed by atoms with E-state index in [-0.39, 0.29) is 18.5 Å². The van der Waals surface area contributed by atoms with Gasteiger partial charge in [-0.05, 0) is 46.5 Å².